The van der Waals surface area contributed by atoms with E-state index < -0.39 is 10.0 Å². The average Bonchev–Trinajstić information content (AvgIpc) is 2.69. The molecule has 0 heterocycles. The molecule has 0 fully saturated rings. The van der Waals surface area contributed by atoms with Gasteiger partial charge in [0.2, 0.25) is 0 Å². The molecule has 3 rings (SSSR count). The van der Waals surface area contributed by atoms with E-state index in [9.17, 15) is 8.42 Å². The van der Waals surface area contributed by atoms with E-state index in [1.165, 1.54) is 18.4 Å². The van der Waals surface area contributed by atoms with Crippen LogP contribution in [0.3, 0.4) is 0 Å². The zero-order valence-electron chi connectivity index (χ0n) is 15.6. The van der Waals surface area contributed by atoms with Crippen LogP contribution in [-0.4, -0.2) is 8.42 Å². The summed E-state index contributed by atoms with van der Waals surface area (Å²) in [4.78, 5) is 0.282. The fourth-order valence-electron chi connectivity index (χ4n) is 3.06. The molecule has 3 aromatic carbocycles. The van der Waals surface area contributed by atoms with Gasteiger partial charge in [0.05, 0.1) is 10.6 Å². The first kappa shape index (κ1) is 19.2. The minimum absolute atomic E-state index is 0.282. The molecule has 0 aliphatic heterocycles. The highest BCUT2D eigenvalue weighted by Gasteiger charge is 2.16. The van der Waals surface area contributed by atoms with E-state index in [-0.39, 0.29) is 4.90 Å². The molecule has 140 valence electrons. The molecule has 27 heavy (non-hydrogen) atoms. The topological polar surface area (TPSA) is 46.2 Å². The number of rotatable bonds is 8. The molecule has 0 bridgehead atoms. The summed E-state index contributed by atoms with van der Waals surface area (Å²) in [7, 11) is -3.64. The van der Waals surface area contributed by atoms with E-state index in [1.54, 1.807) is 18.2 Å². The van der Waals surface area contributed by atoms with Crippen molar-refractivity contribution in [3.8, 4) is 11.1 Å². The van der Waals surface area contributed by atoms with Gasteiger partial charge in [-0.3, -0.25) is 4.72 Å². The summed E-state index contributed by atoms with van der Waals surface area (Å²) in [5.74, 6) is 0. The molecule has 3 aromatic rings. The van der Waals surface area contributed by atoms with Crippen molar-refractivity contribution < 1.29 is 8.42 Å². The van der Waals surface area contributed by atoms with E-state index in [4.69, 9.17) is 0 Å². The maximum absolute atomic E-state index is 12.8. The summed E-state index contributed by atoms with van der Waals surface area (Å²) in [6.45, 7) is 2.18. The quantitative estimate of drug-likeness (QED) is 0.496. The van der Waals surface area contributed by atoms with Crippen molar-refractivity contribution in [2.75, 3.05) is 4.72 Å². The van der Waals surface area contributed by atoms with Gasteiger partial charge in [0.25, 0.3) is 10.0 Å². The van der Waals surface area contributed by atoms with Gasteiger partial charge < -0.3 is 0 Å². The SMILES string of the molecule is CCCCCc1ccc(S(=O)(=O)Nc2ccccc2-c2ccccc2)cc1. The molecule has 0 saturated carbocycles. The molecule has 0 aliphatic carbocycles. The van der Waals surface area contributed by atoms with Gasteiger partial charge in [-0.25, -0.2) is 8.42 Å². The van der Waals surface area contributed by atoms with Crippen LogP contribution in [0.2, 0.25) is 0 Å². The zero-order chi connectivity index (χ0) is 19.1. The maximum Gasteiger partial charge on any atom is 0.261 e. The monoisotopic (exact) mass is 379 g/mol. The minimum Gasteiger partial charge on any atom is -0.279 e. The number of anilines is 1. The summed E-state index contributed by atoms with van der Waals surface area (Å²) in [5, 5.41) is 0. The smallest absolute Gasteiger partial charge is 0.261 e. The van der Waals surface area contributed by atoms with Gasteiger partial charge >= 0.3 is 0 Å². The molecule has 4 heteroatoms. The first-order chi connectivity index (χ1) is 13.1. The molecular formula is C23H25NO2S. The Kier molecular flexibility index (Phi) is 6.30. The van der Waals surface area contributed by atoms with E-state index >= 15 is 0 Å². The number of benzene rings is 3. The molecule has 0 spiro atoms. The van der Waals surface area contributed by atoms with Crippen LogP contribution in [0, 0.1) is 0 Å². The number of unbranched alkanes of at least 4 members (excludes halogenated alkanes) is 2. The third-order valence-corrected chi connectivity index (χ3v) is 5.94. The minimum atomic E-state index is -3.64. The van der Waals surface area contributed by atoms with Crippen LogP contribution in [0.4, 0.5) is 5.69 Å². The number of sulfonamides is 1. The Morgan fingerprint density at radius 3 is 2.15 bits per heavy atom. The van der Waals surface area contributed by atoms with E-state index in [2.05, 4.69) is 11.6 Å². The van der Waals surface area contributed by atoms with Crippen LogP contribution in [0.25, 0.3) is 11.1 Å². The second kappa shape index (κ2) is 8.87. The van der Waals surface area contributed by atoms with Crippen molar-refractivity contribution in [3.63, 3.8) is 0 Å². The van der Waals surface area contributed by atoms with Crippen molar-refractivity contribution in [2.45, 2.75) is 37.5 Å². The lowest BCUT2D eigenvalue weighted by Crippen LogP contribution is -2.13. The summed E-state index contributed by atoms with van der Waals surface area (Å²) in [6.07, 6.45) is 4.48. The van der Waals surface area contributed by atoms with Gasteiger partial charge in [0.1, 0.15) is 0 Å². The van der Waals surface area contributed by atoms with Crippen LogP contribution in [0.1, 0.15) is 31.7 Å². The lowest BCUT2D eigenvalue weighted by molar-refractivity contribution is 0.601. The second-order valence-corrected chi connectivity index (χ2v) is 8.30. The Balaban J connectivity index is 1.81. The van der Waals surface area contributed by atoms with Gasteiger partial charge in [-0.1, -0.05) is 80.4 Å². The highest BCUT2D eigenvalue weighted by molar-refractivity contribution is 7.92. The van der Waals surface area contributed by atoms with Crippen molar-refractivity contribution in [1.29, 1.82) is 0 Å². The first-order valence-corrected chi connectivity index (χ1v) is 10.8. The standard InChI is InChI=1S/C23H25NO2S/c1-2-3-5-10-19-15-17-21(18-16-19)27(25,26)24-23-14-9-8-13-22(23)20-11-6-4-7-12-20/h4,6-9,11-18,24H,2-3,5,10H2,1H3. The highest BCUT2D eigenvalue weighted by Crippen LogP contribution is 2.29. The average molecular weight is 380 g/mol. The molecule has 0 radical (unpaired) electrons. The lowest BCUT2D eigenvalue weighted by Gasteiger charge is -2.13. The van der Waals surface area contributed by atoms with Crippen molar-refractivity contribution in [1.82, 2.24) is 0 Å². The predicted octanol–water partition coefficient (Wildman–Crippen LogP) is 5.89. The summed E-state index contributed by atoms with van der Waals surface area (Å²) >= 11 is 0. The molecule has 0 aliphatic rings. The van der Waals surface area contributed by atoms with Gasteiger partial charge in [-0.15, -0.1) is 0 Å². The fourth-order valence-corrected chi connectivity index (χ4v) is 4.14. The number of para-hydroxylation sites is 1. The van der Waals surface area contributed by atoms with Crippen molar-refractivity contribution in [2.24, 2.45) is 0 Å². The Morgan fingerprint density at radius 2 is 1.44 bits per heavy atom. The normalized spacial score (nSPS) is 11.3. The maximum atomic E-state index is 12.8. The van der Waals surface area contributed by atoms with Crippen LogP contribution < -0.4 is 4.72 Å². The highest BCUT2D eigenvalue weighted by atomic mass is 32.2. The predicted molar refractivity (Wildman–Crippen MR) is 112 cm³/mol. The Morgan fingerprint density at radius 1 is 0.778 bits per heavy atom. The Labute approximate surface area is 162 Å². The molecule has 3 nitrogen and oxygen atoms in total. The summed E-state index contributed by atoms with van der Waals surface area (Å²) in [5.41, 5.74) is 3.59. The lowest BCUT2D eigenvalue weighted by atomic mass is 10.0. The third kappa shape index (κ3) is 4.98. The molecular weight excluding hydrogens is 354 g/mol. The summed E-state index contributed by atoms with van der Waals surface area (Å²) in [6, 6.07) is 24.4. The van der Waals surface area contributed by atoms with Crippen molar-refractivity contribution >= 4 is 15.7 Å². The third-order valence-electron chi connectivity index (χ3n) is 4.56. The largest absolute Gasteiger partial charge is 0.279 e. The molecule has 0 amide bonds. The first-order valence-electron chi connectivity index (χ1n) is 9.36. The van der Waals surface area contributed by atoms with Gasteiger partial charge in [0.15, 0.2) is 0 Å². The van der Waals surface area contributed by atoms with Crippen LogP contribution >= 0.6 is 0 Å². The molecule has 1 N–H and O–H groups in total. The van der Waals surface area contributed by atoms with Gasteiger partial charge in [0, 0.05) is 5.56 Å². The van der Waals surface area contributed by atoms with Crippen LogP contribution in [0.15, 0.2) is 83.8 Å². The van der Waals surface area contributed by atoms with E-state index in [0.717, 1.165) is 24.0 Å². The Bertz CT molecular complexity index is 965. The number of aryl methyl sites for hydroxylation is 1. The van der Waals surface area contributed by atoms with E-state index in [0.29, 0.717) is 5.69 Å². The molecule has 0 atom stereocenters. The van der Waals surface area contributed by atoms with Gasteiger partial charge in [-0.2, -0.15) is 0 Å². The number of nitrogens with one attached hydrogen (secondary N) is 1. The van der Waals surface area contributed by atoms with Gasteiger partial charge in [-0.05, 0) is 42.2 Å². The number of hydrogen-bond donors (Lipinski definition) is 1. The van der Waals surface area contributed by atoms with Crippen LogP contribution in [-0.2, 0) is 16.4 Å². The number of hydrogen-bond acceptors (Lipinski definition) is 2. The summed E-state index contributed by atoms with van der Waals surface area (Å²) < 4.78 is 28.4. The zero-order valence-corrected chi connectivity index (χ0v) is 16.4. The molecule has 0 unspecified atom stereocenters. The second-order valence-electron chi connectivity index (χ2n) is 6.62. The molecule has 0 saturated heterocycles. The van der Waals surface area contributed by atoms with Crippen LogP contribution in [0.5, 0.6) is 0 Å². The van der Waals surface area contributed by atoms with E-state index in [1.807, 2.05) is 60.7 Å². The fraction of sp³-hybridized carbons (Fsp3) is 0.217. The molecule has 0 aromatic heterocycles. The van der Waals surface area contributed by atoms with Crippen molar-refractivity contribution in [3.05, 3.63) is 84.4 Å². The Hall–Kier alpha value is -2.59.